The van der Waals surface area contributed by atoms with E-state index < -0.39 is 0 Å². The molecule has 1 aromatic rings. The Bertz CT molecular complexity index is 374. The Balaban J connectivity index is 2.78. The average Bonchev–Trinajstić information content (AvgIpc) is 2.30. The maximum absolute atomic E-state index is 13.6. The first-order valence-corrected chi connectivity index (χ1v) is 5.43. The molecule has 0 aliphatic rings. The molecule has 88 valence electrons. The lowest BCUT2D eigenvalue weighted by atomic mass is 9.95. The van der Waals surface area contributed by atoms with Gasteiger partial charge >= 0.3 is 0 Å². The van der Waals surface area contributed by atoms with Crippen LogP contribution in [-0.2, 0) is 11.2 Å². The first-order chi connectivity index (χ1) is 7.58. The van der Waals surface area contributed by atoms with Crippen LogP contribution in [0.2, 0.25) is 0 Å². The monoisotopic (exact) mass is 224 g/mol. The van der Waals surface area contributed by atoms with Crippen molar-refractivity contribution in [3.63, 3.8) is 0 Å². The zero-order valence-electron chi connectivity index (χ0n) is 9.92. The first-order valence-electron chi connectivity index (χ1n) is 5.43. The molecular formula is C13H17FO2. The van der Waals surface area contributed by atoms with Gasteiger partial charge in [0.05, 0.1) is 7.11 Å². The van der Waals surface area contributed by atoms with E-state index in [0.717, 1.165) is 0 Å². The fourth-order valence-corrected chi connectivity index (χ4v) is 1.61. The van der Waals surface area contributed by atoms with Gasteiger partial charge in [0.15, 0.2) is 0 Å². The number of hydrogen-bond acceptors (Lipinski definition) is 2. The number of halogens is 1. The number of carbonyl (C=O) groups is 1. The highest BCUT2D eigenvalue weighted by atomic mass is 19.1. The Hall–Kier alpha value is -1.38. The van der Waals surface area contributed by atoms with Gasteiger partial charge in [-0.1, -0.05) is 19.9 Å². The molecule has 0 radical (unpaired) electrons. The fraction of sp³-hybridized carbons (Fsp3) is 0.462. The van der Waals surface area contributed by atoms with Gasteiger partial charge in [-0.2, -0.15) is 0 Å². The standard InChI is InChI=1S/C13H17FO2/c1-4-13(15)9(2)7-10-5-6-11(16-3)8-12(10)14/h5-6,8-9H,4,7H2,1-3H3. The molecule has 0 bridgehead atoms. The molecule has 0 aromatic heterocycles. The molecule has 1 atom stereocenters. The minimum atomic E-state index is -0.310. The quantitative estimate of drug-likeness (QED) is 0.768. The van der Waals surface area contributed by atoms with E-state index in [2.05, 4.69) is 0 Å². The normalized spacial score (nSPS) is 12.2. The van der Waals surface area contributed by atoms with Gasteiger partial charge in [0, 0.05) is 18.4 Å². The van der Waals surface area contributed by atoms with Crippen LogP contribution in [0, 0.1) is 11.7 Å². The number of carbonyl (C=O) groups excluding carboxylic acids is 1. The van der Waals surface area contributed by atoms with Crippen molar-refractivity contribution in [2.75, 3.05) is 7.11 Å². The Labute approximate surface area is 95.4 Å². The molecule has 1 unspecified atom stereocenters. The largest absolute Gasteiger partial charge is 0.497 e. The summed E-state index contributed by atoms with van der Waals surface area (Å²) >= 11 is 0. The van der Waals surface area contributed by atoms with Crippen molar-refractivity contribution in [2.45, 2.75) is 26.7 Å². The van der Waals surface area contributed by atoms with Gasteiger partial charge in [-0.3, -0.25) is 4.79 Å². The number of Topliss-reactive ketones (excluding diaryl/α,β-unsaturated/α-hetero) is 1. The van der Waals surface area contributed by atoms with Crippen LogP contribution in [-0.4, -0.2) is 12.9 Å². The number of ketones is 1. The zero-order chi connectivity index (χ0) is 12.1. The lowest BCUT2D eigenvalue weighted by Gasteiger charge is -2.10. The number of hydrogen-bond donors (Lipinski definition) is 0. The van der Waals surface area contributed by atoms with E-state index in [1.54, 1.807) is 12.1 Å². The second-order valence-corrected chi connectivity index (χ2v) is 3.88. The molecule has 1 rings (SSSR count). The lowest BCUT2D eigenvalue weighted by molar-refractivity contribution is -0.122. The number of benzene rings is 1. The molecule has 3 heteroatoms. The van der Waals surface area contributed by atoms with E-state index >= 15 is 0 Å². The van der Waals surface area contributed by atoms with Crippen LogP contribution in [0.1, 0.15) is 25.8 Å². The summed E-state index contributed by atoms with van der Waals surface area (Å²) in [6.45, 7) is 3.65. The number of ether oxygens (including phenoxy) is 1. The Morgan fingerprint density at radius 1 is 1.50 bits per heavy atom. The van der Waals surface area contributed by atoms with Gasteiger partial charge in [-0.05, 0) is 18.1 Å². The van der Waals surface area contributed by atoms with Gasteiger partial charge < -0.3 is 4.74 Å². The summed E-state index contributed by atoms with van der Waals surface area (Å²) in [5, 5.41) is 0. The maximum Gasteiger partial charge on any atom is 0.135 e. The molecule has 0 fully saturated rings. The molecular weight excluding hydrogens is 207 g/mol. The lowest BCUT2D eigenvalue weighted by Crippen LogP contribution is -2.13. The molecule has 0 aliphatic carbocycles. The van der Waals surface area contributed by atoms with Gasteiger partial charge in [0.25, 0.3) is 0 Å². The molecule has 0 amide bonds. The first kappa shape index (κ1) is 12.7. The van der Waals surface area contributed by atoms with Crippen molar-refractivity contribution in [3.8, 4) is 5.75 Å². The topological polar surface area (TPSA) is 26.3 Å². The summed E-state index contributed by atoms with van der Waals surface area (Å²) < 4.78 is 18.5. The maximum atomic E-state index is 13.6. The van der Waals surface area contributed by atoms with Gasteiger partial charge in [-0.25, -0.2) is 4.39 Å². The summed E-state index contributed by atoms with van der Waals surface area (Å²) in [5.74, 6) is 0.217. The third-order valence-corrected chi connectivity index (χ3v) is 2.68. The number of methoxy groups -OCH3 is 1. The van der Waals surface area contributed by atoms with Crippen LogP contribution >= 0.6 is 0 Å². The third kappa shape index (κ3) is 3.05. The van der Waals surface area contributed by atoms with Crippen LogP contribution in [0.4, 0.5) is 4.39 Å². The molecule has 0 saturated carbocycles. The predicted octanol–water partition coefficient (Wildman–Crippen LogP) is 2.99. The van der Waals surface area contributed by atoms with Gasteiger partial charge in [-0.15, -0.1) is 0 Å². The van der Waals surface area contributed by atoms with Crippen LogP contribution in [0.3, 0.4) is 0 Å². The molecule has 0 N–H and O–H groups in total. The Kier molecular flexibility index (Phi) is 4.47. The highest BCUT2D eigenvalue weighted by Crippen LogP contribution is 2.19. The van der Waals surface area contributed by atoms with Crippen LogP contribution < -0.4 is 4.74 Å². The average molecular weight is 224 g/mol. The van der Waals surface area contributed by atoms with E-state index in [1.165, 1.54) is 13.2 Å². The van der Waals surface area contributed by atoms with Crippen molar-refractivity contribution in [1.82, 2.24) is 0 Å². The summed E-state index contributed by atoms with van der Waals surface area (Å²) in [4.78, 5) is 11.4. The van der Waals surface area contributed by atoms with Crippen molar-refractivity contribution >= 4 is 5.78 Å². The highest BCUT2D eigenvalue weighted by molar-refractivity contribution is 5.80. The SMILES string of the molecule is CCC(=O)C(C)Cc1ccc(OC)cc1F. The molecule has 0 saturated heterocycles. The van der Waals surface area contributed by atoms with E-state index in [-0.39, 0.29) is 17.5 Å². The molecule has 16 heavy (non-hydrogen) atoms. The van der Waals surface area contributed by atoms with Crippen molar-refractivity contribution in [3.05, 3.63) is 29.6 Å². The van der Waals surface area contributed by atoms with Crippen molar-refractivity contribution in [1.29, 1.82) is 0 Å². The molecule has 0 spiro atoms. The van der Waals surface area contributed by atoms with E-state index in [9.17, 15) is 9.18 Å². The highest BCUT2D eigenvalue weighted by Gasteiger charge is 2.14. The summed E-state index contributed by atoms with van der Waals surface area (Å²) in [7, 11) is 1.50. The van der Waals surface area contributed by atoms with E-state index in [0.29, 0.717) is 24.2 Å². The third-order valence-electron chi connectivity index (χ3n) is 2.68. The minimum absolute atomic E-state index is 0.132. The van der Waals surface area contributed by atoms with Crippen LogP contribution in [0.5, 0.6) is 5.75 Å². The molecule has 0 heterocycles. The molecule has 0 aliphatic heterocycles. The Morgan fingerprint density at radius 3 is 2.69 bits per heavy atom. The van der Waals surface area contributed by atoms with Gasteiger partial charge in [0.1, 0.15) is 17.3 Å². The predicted molar refractivity (Wildman–Crippen MR) is 61.1 cm³/mol. The number of rotatable bonds is 5. The summed E-state index contributed by atoms with van der Waals surface area (Å²) in [5.41, 5.74) is 0.565. The van der Waals surface area contributed by atoms with Crippen LogP contribution in [0.15, 0.2) is 18.2 Å². The zero-order valence-corrected chi connectivity index (χ0v) is 9.92. The Morgan fingerprint density at radius 2 is 2.19 bits per heavy atom. The molecule has 2 nitrogen and oxygen atoms in total. The van der Waals surface area contributed by atoms with E-state index in [4.69, 9.17) is 4.74 Å². The van der Waals surface area contributed by atoms with Crippen molar-refractivity contribution in [2.24, 2.45) is 5.92 Å². The second-order valence-electron chi connectivity index (χ2n) is 3.88. The van der Waals surface area contributed by atoms with E-state index in [1.807, 2.05) is 13.8 Å². The van der Waals surface area contributed by atoms with Gasteiger partial charge in [0.2, 0.25) is 0 Å². The smallest absolute Gasteiger partial charge is 0.135 e. The fourth-order valence-electron chi connectivity index (χ4n) is 1.61. The summed E-state index contributed by atoms with van der Waals surface area (Å²) in [6.07, 6.45) is 0.946. The van der Waals surface area contributed by atoms with Crippen molar-refractivity contribution < 1.29 is 13.9 Å². The minimum Gasteiger partial charge on any atom is -0.497 e. The second kappa shape index (κ2) is 5.64. The molecule has 1 aromatic carbocycles. The van der Waals surface area contributed by atoms with Crippen LogP contribution in [0.25, 0.3) is 0 Å². The summed E-state index contributed by atoms with van der Waals surface area (Å²) in [6, 6.07) is 4.73.